The van der Waals surface area contributed by atoms with Gasteiger partial charge < -0.3 is 5.32 Å². The summed E-state index contributed by atoms with van der Waals surface area (Å²) in [6.07, 6.45) is -0.756. The molecule has 1 aromatic rings. The topological polar surface area (TPSA) is 12.0 Å². The molecule has 0 aliphatic heterocycles. The van der Waals surface area contributed by atoms with Gasteiger partial charge in [-0.1, -0.05) is 19.8 Å². The normalized spacial score (nSPS) is 25.6. The minimum Gasteiger partial charge on any atom is -0.314 e. The summed E-state index contributed by atoms with van der Waals surface area (Å²) in [7, 11) is 0. The Kier molecular flexibility index (Phi) is 5.49. The number of thiophene rings is 1. The molecule has 1 fully saturated rings. The molecule has 0 aromatic carbocycles. The second kappa shape index (κ2) is 6.94. The van der Waals surface area contributed by atoms with Gasteiger partial charge in [0.1, 0.15) is 0 Å². The van der Waals surface area contributed by atoms with Gasteiger partial charge in [-0.25, -0.2) is 0 Å². The third kappa shape index (κ3) is 3.98. The van der Waals surface area contributed by atoms with E-state index in [0.29, 0.717) is 25.7 Å². The van der Waals surface area contributed by atoms with Gasteiger partial charge in [-0.3, -0.25) is 0 Å². The van der Waals surface area contributed by atoms with Crippen molar-refractivity contribution in [2.24, 2.45) is 11.8 Å². The molecule has 1 N–H and O–H groups in total. The second-order valence-corrected chi connectivity index (χ2v) is 6.38. The van der Waals surface area contributed by atoms with Crippen LogP contribution in [-0.2, 0) is 6.42 Å². The van der Waals surface area contributed by atoms with E-state index in [4.69, 9.17) is 0 Å². The van der Waals surface area contributed by atoms with E-state index in [0.717, 1.165) is 18.5 Å². The minimum atomic E-state index is -4.06. The van der Waals surface area contributed by atoms with Crippen LogP contribution < -0.4 is 5.32 Å². The Labute approximate surface area is 122 Å². The number of likely N-dealkylation sites (N-methyl/N-ethyl adjacent to an activating group) is 1. The van der Waals surface area contributed by atoms with Gasteiger partial charge >= 0.3 is 6.18 Å². The van der Waals surface area contributed by atoms with Gasteiger partial charge in [-0.15, -0.1) is 0 Å². The van der Waals surface area contributed by atoms with Crippen molar-refractivity contribution in [3.05, 3.63) is 22.4 Å². The molecule has 0 spiro atoms. The predicted molar refractivity (Wildman–Crippen MR) is 77.0 cm³/mol. The lowest BCUT2D eigenvalue weighted by Crippen LogP contribution is -2.46. The van der Waals surface area contributed by atoms with E-state index in [2.05, 4.69) is 5.32 Å². The van der Waals surface area contributed by atoms with Crippen molar-refractivity contribution in [2.45, 2.75) is 51.2 Å². The molecular formula is C15H22F3NS. The monoisotopic (exact) mass is 305 g/mol. The third-order valence-electron chi connectivity index (χ3n) is 4.26. The van der Waals surface area contributed by atoms with Gasteiger partial charge in [0.25, 0.3) is 0 Å². The molecule has 3 unspecified atom stereocenters. The number of alkyl halides is 3. The molecule has 0 radical (unpaired) electrons. The maximum atomic E-state index is 13.2. The fraction of sp³-hybridized carbons (Fsp3) is 0.733. The van der Waals surface area contributed by atoms with Crippen molar-refractivity contribution in [3.63, 3.8) is 0 Å². The van der Waals surface area contributed by atoms with Gasteiger partial charge in [0.05, 0.1) is 5.92 Å². The highest BCUT2D eigenvalue weighted by atomic mass is 32.1. The molecular weight excluding hydrogens is 283 g/mol. The summed E-state index contributed by atoms with van der Waals surface area (Å²) in [5, 5.41) is 7.32. The first-order chi connectivity index (χ1) is 9.52. The van der Waals surface area contributed by atoms with Gasteiger partial charge in [0.2, 0.25) is 0 Å². The molecule has 1 aliphatic rings. The fourth-order valence-corrected chi connectivity index (χ4v) is 4.03. The van der Waals surface area contributed by atoms with Crippen molar-refractivity contribution in [2.75, 3.05) is 6.54 Å². The van der Waals surface area contributed by atoms with E-state index in [1.807, 2.05) is 23.8 Å². The average molecular weight is 305 g/mol. The first kappa shape index (κ1) is 15.8. The zero-order valence-corrected chi connectivity index (χ0v) is 12.6. The van der Waals surface area contributed by atoms with Crippen molar-refractivity contribution in [1.82, 2.24) is 5.32 Å². The summed E-state index contributed by atoms with van der Waals surface area (Å²) in [4.78, 5) is 0. The molecule has 20 heavy (non-hydrogen) atoms. The van der Waals surface area contributed by atoms with Crippen LogP contribution in [0.2, 0.25) is 0 Å². The summed E-state index contributed by atoms with van der Waals surface area (Å²) in [5.74, 6) is -1.43. The van der Waals surface area contributed by atoms with E-state index < -0.39 is 12.1 Å². The maximum Gasteiger partial charge on any atom is 0.392 e. The Bertz CT molecular complexity index is 388. The van der Waals surface area contributed by atoms with Crippen LogP contribution in [0.5, 0.6) is 0 Å². The van der Waals surface area contributed by atoms with Gasteiger partial charge in [0, 0.05) is 6.04 Å². The quantitative estimate of drug-likeness (QED) is 0.836. The zero-order chi connectivity index (χ0) is 14.6. The Hall–Kier alpha value is -0.550. The molecule has 2 rings (SSSR count). The lowest BCUT2D eigenvalue weighted by Gasteiger charge is -2.38. The van der Waals surface area contributed by atoms with Crippen LogP contribution in [0.3, 0.4) is 0 Å². The van der Waals surface area contributed by atoms with Crippen LogP contribution in [-0.4, -0.2) is 18.8 Å². The third-order valence-corrected chi connectivity index (χ3v) is 4.99. The summed E-state index contributed by atoms with van der Waals surface area (Å²) < 4.78 is 39.7. The van der Waals surface area contributed by atoms with Crippen LogP contribution in [0.4, 0.5) is 13.2 Å². The number of rotatable bonds is 5. The van der Waals surface area contributed by atoms with Crippen LogP contribution in [0.1, 0.15) is 38.2 Å². The zero-order valence-electron chi connectivity index (χ0n) is 11.7. The highest BCUT2D eigenvalue weighted by Gasteiger charge is 2.47. The van der Waals surface area contributed by atoms with Crippen LogP contribution in [0.25, 0.3) is 0 Å². The molecule has 1 aromatic heterocycles. The van der Waals surface area contributed by atoms with Gasteiger partial charge in [-0.05, 0) is 54.1 Å². The molecule has 0 saturated heterocycles. The first-order valence-corrected chi connectivity index (χ1v) is 8.27. The number of hydrogen-bond donors (Lipinski definition) is 1. The van der Waals surface area contributed by atoms with E-state index >= 15 is 0 Å². The standard InChI is InChI=1S/C15H22F3NS/c1-2-19-14(9-11-7-8-20-10-11)12-5-3-4-6-13(12)15(16,17)18/h7-8,10,12-14,19H,2-6,9H2,1H3. The van der Waals surface area contributed by atoms with E-state index in [1.165, 1.54) is 0 Å². The first-order valence-electron chi connectivity index (χ1n) is 7.33. The molecule has 0 bridgehead atoms. The Morgan fingerprint density at radius 3 is 2.70 bits per heavy atom. The smallest absolute Gasteiger partial charge is 0.314 e. The molecule has 114 valence electrons. The SMILES string of the molecule is CCNC(Cc1ccsc1)C1CCCCC1C(F)(F)F. The van der Waals surface area contributed by atoms with Gasteiger partial charge in [0.15, 0.2) is 0 Å². The average Bonchev–Trinajstić information content (AvgIpc) is 2.90. The summed E-state index contributed by atoms with van der Waals surface area (Å²) in [6.45, 7) is 2.68. The summed E-state index contributed by atoms with van der Waals surface area (Å²) in [5.41, 5.74) is 1.15. The molecule has 5 heteroatoms. The van der Waals surface area contributed by atoms with E-state index in [9.17, 15) is 13.2 Å². The molecule has 1 aliphatic carbocycles. The van der Waals surface area contributed by atoms with Crippen LogP contribution in [0, 0.1) is 11.8 Å². The van der Waals surface area contributed by atoms with Crippen molar-refractivity contribution < 1.29 is 13.2 Å². The second-order valence-electron chi connectivity index (χ2n) is 5.60. The van der Waals surface area contributed by atoms with Gasteiger partial charge in [-0.2, -0.15) is 24.5 Å². The van der Waals surface area contributed by atoms with Crippen LogP contribution >= 0.6 is 11.3 Å². The largest absolute Gasteiger partial charge is 0.392 e. The summed E-state index contributed by atoms with van der Waals surface area (Å²) in [6, 6.07) is 1.95. The highest BCUT2D eigenvalue weighted by molar-refractivity contribution is 7.07. The molecule has 3 atom stereocenters. The molecule has 0 amide bonds. The number of nitrogens with one attached hydrogen (secondary N) is 1. The fourth-order valence-electron chi connectivity index (χ4n) is 3.35. The molecule has 1 nitrogen and oxygen atoms in total. The number of halogens is 3. The highest BCUT2D eigenvalue weighted by Crippen LogP contribution is 2.43. The Balaban J connectivity index is 2.12. The van der Waals surface area contributed by atoms with Crippen molar-refractivity contribution in [1.29, 1.82) is 0 Å². The molecule has 1 saturated carbocycles. The van der Waals surface area contributed by atoms with E-state index in [-0.39, 0.29) is 12.0 Å². The maximum absolute atomic E-state index is 13.2. The lowest BCUT2D eigenvalue weighted by atomic mass is 9.73. The minimum absolute atomic E-state index is 0.0680. The van der Waals surface area contributed by atoms with Crippen molar-refractivity contribution >= 4 is 11.3 Å². The van der Waals surface area contributed by atoms with E-state index in [1.54, 1.807) is 11.3 Å². The Morgan fingerprint density at radius 2 is 2.10 bits per heavy atom. The lowest BCUT2D eigenvalue weighted by molar-refractivity contribution is -0.199. The van der Waals surface area contributed by atoms with Crippen molar-refractivity contribution in [3.8, 4) is 0 Å². The molecule has 1 heterocycles. The predicted octanol–water partition coefficient (Wildman–Crippen LogP) is 4.64. The number of hydrogen-bond acceptors (Lipinski definition) is 2. The van der Waals surface area contributed by atoms with Crippen LogP contribution in [0.15, 0.2) is 16.8 Å². The summed E-state index contributed by atoms with van der Waals surface area (Å²) >= 11 is 1.60. The Morgan fingerprint density at radius 1 is 1.35 bits per heavy atom.